The maximum atomic E-state index is 5.84. The predicted molar refractivity (Wildman–Crippen MR) is 132 cm³/mol. The minimum atomic E-state index is 0. The van der Waals surface area contributed by atoms with Crippen molar-refractivity contribution in [2.45, 2.75) is 39.3 Å². The molecule has 0 saturated heterocycles. The first kappa shape index (κ1) is 23.9. The number of nitrogens with zero attached hydrogens (tertiary/aromatic N) is 3. The van der Waals surface area contributed by atoms with Crippen LogP contribution in [0.4, 0.5) is 0 Å². The monoisotopic (exact) mass is 527 g/mol. The molecule has 1 aliphatic heterocycles. The summed E-state index contributed by atoms with van der Waals surface area (Å²) < 4.78 is 0. The number of hydrogen-bond acceptors (Lipinski definition) is 3. The molecule has 29 heavy (non-hydrogen) atoms. The molecular formula is C22H31ClIN5. The molecule has 5 nitrogen and oxygen atoms in total. The van der Waals surface area contributed by atoms with Gasteiger partial charge in [-0.1, -0.05) is 41.9 Å². The van der Waals surface area contributed by atoms with Gasteiger partial charge in [-0.05, 0) is 49.4 Å². The summed E-state index contributed by atoms with van der Waals surface area (Å²) in [4.78, 5) is 11.5. The lowest BCUT2D eigenvalue weighted by Crippen LogP contribution is -2.42. The van der Waals surface area contributed by atoms with E-state index < -0.39 is 0 Å². The molecule has 1 unspecified atom stereocenters. The standard InChI is InChI=1S/C22H30ClN5.HI/c1-3-24-22(25-12-10-18-8-9-21(23)26-15-18)27-14-17(2)28-13-11-19-6-4-5-7-20(19)16-28;/h4-9,15,17H,3,10-14,16H2,1-2H3,(H2,24,25,27);1H. The van der Waals surface area contributed by atoms with Gasteiger partial charge in [0.05, 0.1) is 6.54 Å². The van der Waals surface area contributed by atoms with E-state index in [2.05, 4.69) is 58.6 Å². The minimum absolute atomic E-state index is 0. The molecule has 0 amide bonds. The number of pyridine rings is 1. The van der Waals surface area contributed by atoms with E-state index in [0.29, 0.717) is 11.2 Å². The Morgan fingerprint density at radius 1 is 1.21 bits per heavy atom. The molecule has 2 aromatic rings. The third kappa shape index (κ3) is 7.42. The van der Waals surface area contributed by atoms with Crippen molar-refractivity contribution in [1.29, 1.82) is 0 Å². The van der Waals surface area contributed by atoms with Crippen LogP contribution in [0.25, 0.3) is 0 Å². The number of hydrogen-bond donors (Lipinski definition) is 2. The molecule has 1 atom stereocenters. The molecule has 0 saturated carbocycles. The van der Waals surface area contributed by atoms with E-state index in [1.54, 1.807) is 0 Å². The highest BCUT2D eigenvalue weighted by Crippen LogP contribution is 2.20. The van der Waals surface area contributed by atoms with E-state index in [9.17, 15) is 0 Å². The van der Waals surface area contributed by atoms with Crippen LogP contribution in [0.3, 0.4) is 0 Å². The number of halogens is 2. The molecule has 0 radical (unpaired) electrons. The molecule has 1 aromatic carbocycles. The van der Waals surface area contributed by atoms with Gasteiger partial charge >= 0.3 is 0 Å². The maximum absolute atomic E-state index is 5.84. The summed E-state index contributed by atoms with van der Waals surface area (Å²) in [5.74, 6) is 0.869. The second-order valence-electron chi connectivity index (χ2n) is 7.22. The van der Waals surface area contributed by atoms with Gasteiger partial charge in [-0.3, -0.25) is 9.89 Å². The maximum Gasteiger partial charge on any atom is 0.191 e. The highest BCUT2D eigenvalue weighted by atomic mass is 127. The van der Waals surface area contributed by atoms with Gasteiger partial charge in [0, 0.05) is 38.4 Å². The predicted octanol–water partition coefficient (Wildman–Crippen LogP) is 3.90. The molecule has 2 N–H and O–H groups in total. The molecule has 158 valence electrons. The van der Waals surface area contributed by atoms with Crippen molar-refractivity contribution in [3.05, 3.63) is 64.4 Å². The van der Waals surface area contributed by atoms with Crippen molar-refractivity contribution in [3.63, 3.8) is 0 Å². The Morgan fingerprint density at radius 3 is 2.72 bits per heavy atom. The Kier molecular flexibility index (Phi) is 10.2. The normalized spacial score (nSPS) is 15.2. The number of rotatable bonds is 7. The SMILES string of the molecule is CCNC(=NCC(C)N1CCc2ccccc2C1)NCCc1ccc(Cl)nc1.I. The van der Waals surface area contributed by atoms with Crippen LogP contribution in [0.5, 0.6) is 0 Å². The van der Waals surface area contributed by atoms with Crippen molar-refractivity contribution < 1.29 is 0 Å². The Hall–Kier alpha value is -1.38. The van der Waals surface area contributed by atoms with Crippen LogP contribution in [-0.4, -0.2) is 48.1 Å². The molecular weight excluding hydrogens is 497 g/mol. The van der Waals surface area contributed by atoms with Gasteiger partial charge < -0.3 is 10.6 Å². The number of guanidine groups is 1. The van der Waals surface area contributed by atoms with Crippen molar-refractivity contribution in [2.24, 2.45) is 4.99 Å². The van der Waals surface area contributed by atoms with Gasteiger partial charge in [0.1, 0.15) is 5.15 Å². The van der Waals surface area contributed by atoms with Crippen LogP contribution in [-0.2, 0) is 19.4 Å². The number of fused-ring (bicyclic) bond motifs is 1. The fraction of sp³-hybridized carbons (Fsp3) is 0.455. The van der Waals surface area contributed by atoms with Crippen molar-refractivity contribution >= 4 is 41.5 Å². The molecule has 0 fully saturated rings. The average molecular weight is 528 g/mol. The third-order valence-corrected chi connectivity index (χ3v) is 5.36. The van der Waals surface area contributed by atoms with Crippen LogP contribution in [0.1, 0.15) is 30.5 Å². The number of nitrogens with one attached hydrogen (secondary N) is 2. The van der Waals surface area contributed by atoms with Gasteiger partial charge in [-0.25, -0.2) is 4.98 Å². The molecule has 0 spiro atoms. The van der Waals surface area contributed by atoms with E-state index in [-0.39, 0.29) is 24.0 Å². The summed E-state index contributed by atoms with van der Waals surface area (Å²) >= 11 is 5.84. The fourth-order valence-corrected chi connectivity index (χ4v) is 3.57. The quantitative estimate of drug-likeness (QED) is 0.248. The molecule has 0 aliphatic carbocycles. The first-order chi connectivity index (χ1) is 13.7. The highest BCUT2D eigenvalue weighted by molar-refractivity contribution is 14.0. The zero-order chi connectivity index (χ0) is 19.8. The van der Waals surface area contributed by atoms with E-state index >= 15 is 0 Å². The van der Waals surface area contributed by atoms with Crippen molar-refractivity contribution in [2.75, 3.05) is 26.2 Å². The van der Waals surface area contributed by atoms with E-state index in [1.165, 1.54) is 11.1 Å². The van der Waals surface area contributed by atoms with Crippen LogP contribution >= 0.6 is 35.6 Å². The van der Waals surface area contributed by atoms with Gasteiger partial charge in [-0.15, -0.1) is 24.0 Å². The molecule has 7 heteroatoms. The molecule has 0 bridgehead atoms. The first-order valence-electron chi connectivity index (χ1n) is 10.1. The van der Waals surface area contributed by atoms with Crippen LogP contribution in [0.2, 0.25) is 5.15 Å². The zero-order valence-electron chi connectivity index (χ0n) is 17.2. The lowest BCUT2D eigenvalue weighted by Gasteiger charge is -2.33. The zero-order valence-corrected chi connectivity index (χ0v) is 20.3. The second-order valence-corrected chi connectivity index (χ2v) is 7.61. The van der Waals surface area contributed by atoms with E-state index in [1.807, 2.05) is 18.3 Å². The van der Waals surface area contributed by atoms with Crippen molar-refractivity contribution in [1.82, 2.24) is 20.5 Å². The molecule has 1 aromatic heterocycles. The van der Waals surface area contributed by atoms with Crippen molar-refractivity contribution in [3.8, 4) is 0 Å². The third-order valence-electron chi connectivity index (χ3n) is 5.14. The summed E-state index contributed by atoms with van der Waals surface area (Å²) in [5.41, 5.74) is 4.10. The number of aliphatic imine (C=N–C) groups is 1. The number of benzene rings is 1. The topological polar surface area (TPSA) is 52.6 Å². The smallest absolute Gasteiger partial charge is 0.191 e. The van der Waals surface area contributed by atoms with E-state index in [0.717, 1.165) is 57.1 Å². The summed E-state index contributed by atoms with van der Waals surface area (Å²) in [6.45, 7) is 8.90. The Bertz CT molecular complexity index is 781. The van der Waals surface area contributed by atoms with E-state index in [4.69, 9.17) is 16.6 Å². The molecule has 1 aliphatic rings. The largest absolute Gasteiger partial charge is 0.357 e. The summed E-state index contributed by atoms with van der Waals surface area (Å²) in [6.07, 6.45) is 3.83. The fourth-order valence-electron chi connectivity index (χ4n) is 3.45. The summed E-state index contributed by atoms with van der Waals surface area (Å²) in [5, 5.41) is 7.28. The summed E-state index contributed by atoms with van der Waals surface area (Å²) in [7, 11) is 0. The Labute approximate surface area is 196 Å². The van der Waals surface area contributed by atoms with Gasteiger partial charge in [-0.2, -0.15) is 0 Å². The van der Waals surface area contributed by atoms with Gasteiger partial charge in [0.25, 0.3) is 0 Å². The minimum Gasteiger partial charge on any atom is -0.357 e. The Morgan fingerprint density at radius 2 is 2.00 bits per heavy atom. The lowest BCUT2D eigenvalue weighted by atomic mass is 9.99. The van der Waals surface area contributed by atoms with Crippen LogP contribution in [0, 0.1) is 0 Å². The van der Waals surface area contributed by atoms with Gasteiger partial charge in [0.15, 0.2) is 5.96 Å². The average Bonchev–Trinajstić information content (AvgIpc) is 2.72. The number of aromatic nitrogens is 1. The molecule has 3 rings (SSSR count). The lowest BCUT2D eigenvalue weighted by molar-refractivity contribution is 0.195. The van der Waals surface area contributed by atoms with Crippen LogP contribution < -0.4 is 10.6 Å². The van der Waals surface area contributed by atoms with Crippen LogP contribution in [0.15, 0.2) is 47.6 Å². The first-order valence-corrected chi connectivity index (χ1v) is 10.5. The summed E-state index contributed by atoms with van der Waals surface area (Å²) in [6, 6.07) is 13.0. The second kappa shape index (κ2) is 12.3. The molecule has 2 heterocycles. The Balaban J connectivity index is 0.00000300. The highest BCUT2D eigenvalue weighted by Gasteiger charge is 2.20. The van der Waals surface area contributed by atoms with Gasteiger partial charge in [0.2, 0.25) is 0 Å².